The standard InChI is InChI=1S/C13H24N2O2/c1-13(2,3)17-12(16)15-10-5-4-6-11(15)8-9(14)7-10/h9-11H,4-8,14H2,1-3H3/t9-,10+,11?/m0/s1. The second-order valence-corrected chi connectivity index (χ2v) is 6.36. The Morgan fingerprint density at radius 1 is 1.24 bits per heavy atom. The molecule has 3 atom stereocenters. The summed E-state index contributed by atoms with van der Waals surface area (Å²) in [5.74, 6) is 0. The predicted molar refractivity (Wildman–Crippen MR) is 66.7 cm³/mol. The summed E-state index contributed by atoms with van der Waals surface area (Å²) in [6, 6.07) is 0.851. The molecule has 2 aliphatic heterocycles. The van der Waals surface area contributed by atoms with Gasteiger partial charge >= 0.3 is 6.09 Å². The van der Waals surface area contributed by atoms with E-state index in [4.69, 9.17) is 10.5 Å². The first-order valence-electron chi connectivity index (χ1n) is 6.64. The van der Waals surface area contributed by atoms with Crippen LogP contribution in [-0.4, -0.2) is 34.7 Å². The normalized spacial score (nSPS) is 33.4. The summed E-state index contributed by atoms with van der Waals surface area (Å²) >= 11 is 0. The van der Waals surface area contributed by atoms with Gasteiger partial charge in [0.25, 0.3) is 0 Å². The van der Waals surface area contributed by atoms with Crippen molar-refractivity contribution in [2.75, 3.05) is 0 Å². The minimum atomic E-state index is -0.412. The SMILES string of the molecule is CC(C)(C)OC(=O)N1C2CCC[C@@H]1C[C@H](N)C2. The molecule has 1 amide bonds. The first kappa shape index (κ1) is 12.7. The van der Waals surface area contributed by atoms with E-state index in [2.05, 4.69) is 0 Å². The molecular formula is C13H24N2O2. The first-order valence-corrected chi connectivity index (χ1v) is 6.64. The van der Waals surface area contributed by atoms with Gasteiger partial charge in [-0.3, -0.25) is 0 Å². The molecule has 2 aliphatic rings. The maximum Gasteiger partial charge on any atom is 0.410 e. The number of hydrogen-bond acceptors (Lipinski definition) is 3. The summed E-state index contributed by atoms with van der Waals surface area (Å²) in [6.45, 7) is 5.74. The van der Waals surface area contributed by atoms with Crippen LogP contribution in [0.2, 0.25) is 0 Å². The smallest absolute Gasteiger partial charge is 0.410 e. The van der Waals surface area contributed by atoms with E-state index in [1.54, 1.807) is 0 Å². The average Bonchev–Trinajstić information content (AvgIpc) is 2.12. The van der Waals surface area contributed by atoms with E-state index in [9.17, 15) is 4.79 Å². The lowest BCUT2D eigenvalue weighted by molar-refractivity contribution is -0.0210. The molecule has 2 N–H and O–H groups in total. The van der Waals surface area contributed by atoms with Crippen LogP contribution in [0.15, 0.2) is 0 Å². The van der Waals surface area contributed by atoms with E-state index >= 15 is 0 Å². The number of nitrogens with two attached hydrogens (primary N) is 1. The number of piperidine rings is 2. The monoisotopic (exact) mass is 240 g/mol. The molecule has 17 heavy (non-hydrogen) atoms. The van der Waals surface area contributed by atoms with Gasteiger partial charge in [0.05, 0.1) is 0 Å². The van der Waals surface area contributed by atoms with Crippen molar-refractivity contribution >= 4 is 6.09 Å². The fourth-order valence-electron chi connectivity index (χ4n) is 3.04. The van der Waals surface area contributed by atoms with Crippen LogP contribution in [0.5, 0.6) is 0 Å². The summed E-state index contributed by atoms with van der Waals surface area (Å²) < 4.78 is 5.49. The molecule has 0 aromatic heterocycles. The third-order valence-corrected chi connectivity index (χ3v) is 3.62. The summed E-state index contributed by atoms with van der Waals surface area (Å²) in [7, 11) is 0. The summed E-state index contributed by atoms with van der Waals surface area (Å²) in [5, 5.41) is 0. The van der Waals surface area contributed by atoms with Crippen LogP contribution in [0.4, 0.5) is 4.79 Å². The van der Waals surface area contributed by atoms with E-state index in [-0.39, 0.29) is 12.1 Å². The maximum absolute atomic E-state index is 12.2. The zero-order valence-electron chi connectivity index (χ0n) is 11.1. The van der Waals surface area contributed by atoms with Crippen molar-refractivity contribution in [3.8, 4) is 0 Å². The summed E-state index contributed by atoms with van der Waals surface area (Å²) in [6.07, 6.45) is 5.05. The lowest BCUT2D eigenvalue weighted by atomic mass is 9.82. The Hall–Kier alpha value is -0.770. The number of fused-ring (bicyclic) bond motifs is 2. The molecule has 2 saturated heterocycles. The molecule has 2 heterocycles. The second kappa shape index (κ2) is 4.48. The van der Waals surface area contributed by atoms with Crippen molar-refractivity contribution in [3.05, 3.63) is 0 Å². The van der Waals surface area contributed by atoms with Crippen molar-refractivity contribution in [1.29, 1.82) is 0 Å². The van der Waals surface area contributed by atoms with Crippen molar-refractivity contribution < 1.29 is 9.53 Å². The molecule has 2 fully saturated rings. The van der Waals surface area contributed by atoms with E-state index in [0.717, 1.165) is 25.7 Å². The van der Waals surface area contributed by atoms with Gasteiger partial charge in [-0.1, -0.05) is 0 Å². The predicted octanol–water partition coefficient (Wildman–Crippen LogP) is 2.27. The Kier molecular flexibility index (Phi) is 3.34. The number of carbonyl (C=O) groups excluding carboxylic acids is 1. The topological polar surface area (TPSA) is 55.6 Å². The summed E-state index contributed by atoms with van der Waals surface area (Å²) in [4.78, 5) is 14.2. The average molecular weight is 240 g/mol. The number of rotatable bonds is 0. The fourth-order valence-corrected chi connectivity index (χ4v) is 3.04. The molecular weight excluding hydrogens is 216 g/mol. The molecule has 0 aromatic rings. The van der Waals surface area contributed by atoms with Gasteiger partial charge in [-0.15, -0.1) is 0 Å². The molecule has 2 rings (SSSR count). The number of amides is 1. The van der Waals surface area contributed by atoms with E-state index in [1.807, 2.05) is 25.7 Å². The Bertz CT molecular complexity index is 284. The minimum Gasteiger partial charge on any atom is -0.444 e. The molecule has 0 aliphatic carbocycles. The van der Waals surface area contributed by atoms with Crippen LogP contribution in [-0.2, 0) is 4.74 Å². The van der Waals surface area contributed by atoms with Crippen LogP contribution in [0, 0.1) is 0 Å². The van der Waals surface area contributed by atoms with Crippen LogP contribution >= 0.6 is 0 Å². The highest BCUT2D eigenvalue weighted by Gasteiger charge is 2.41. The molecule has 98 valence electrons. The molecule has 4 heteroatoms. The van der Waals surface area contributed by atoms with Gasteiger partial charge in [0, 0.05) is 18.1 Å². The Morgan fingerprint density at radius 2 is 1.76 bits per heavy atom. The van der Waals surface area contributed by atoms with Gasteiger partial charge in [-0.25, -0.2) is 4.79 Å². The third kappa shape index (κ3) is 2.92. The van der Waals surface area contributed by atoms with Crippen molar-refractivity contribution in [2.45, 2.75) is 76.6 Å². The molecule has 0 aromatic carbocycles. The summed E-state index contributed by atoms with van der Waals surface area (Å²) in [5.41, 5.74) is 5.62. The molecule has 2 bridgehead atoms. The lowest BCUT2D eigenvalue weighted by Crippen LogP contribution is -2.58. The van der Waals surface area contributed by atoms with Crippen LogP contribution in [0.1, 0.15) is 52.9 Å². The molecule has 0 radical (unpaired) electrons. The molecule has 4 nitrogen and oxygen atoms in total. The van der Waals surface area contributed by atoms with Gasteiger partial charge in [-0.2, -0.15) is 0 Å². The number of ether oxygens (including phenoxy) is 1. The Labute approximate surface area is 103 Å². The number of hydrogen-bond donors (Lipinski definition) is 1. The Balaban J connectivity index is 2.07. The minimum absolute atomic E-state index is 0.154. The zero-order chi connectivity index (χ0) is 12.6. The maximum atomic E-state index is 12.2. The highest BCUT2D eigenvalue weighted by Crippen LogP contribution is 2.34. The van der Waals surface area contributed by atoms with Gasteiger partial charge < -0.3 is 15.4 Å². The van der Waals surface area contributed by atoms with Crippen molar-refractivity contribution in [1.82, 2.24) is 4.90 Å². The second-order valence-electron chi connectivity index (χ2n) is 6.36. The fraction of sp³-hybridized carbons (Fsp3) is 0.923. The van der Waals surface area contributed by atoms with Crippen molar-refractivity contribution in [3.63, 3.8) is 0 Å². The molecule has 0 saturated carbocycles. The van der Waals surface area contributed by atoms with Crippen LogP contribution in [0.25, 0.3) is 0 Å². The van der Waals surface area contributed by atoms with Gasteiger partial charge in [0.15, 0.2) is 0 Å². The van der Waals surface area contributed by atoms with E-state index in [0.29, 0.717) is 12.1 Å². The van der Waals surface area contributed by atoms with Gasteiger partial charge in [0.1, 0.15) is 5.60 Å². The number of carbonyl (C=O) groups is 1. The molecule has 1 unspecified atom stereocenters. The van der Waals surface area contributed by atoms with E-state index < -0.39 is 5.60 Å². The lowest BCUT2D eigenvalue weighted by Gasteiger charge is -2.47. The zero-order valence-corrected chi connectivity index (χ0v) is 11.1. The third-order valence-electron chi connectivity index (χ3n) is 3.62. The number of nitrogens with zero attached hydrogens (tertiary/aromatic N) is 1. The quantitative estimate of drug-likeness (QED) is 0.706. The highest BCUT2D eigenvalue weighted by molar-refractivity contribution is 5.69. The highest BCUT2D eigenvalue weighted by atomic mass is 16.6. The Morgan fingerprint density at radius 3 is 2.24 bits per heavy atom. The van der Waals surface area contributed by atoms with Gasteiger partial charge in [0.2, 0.25) is 0 Å². The van der Waals surface area contributed by atoms with Crippen LogP contribution in [0.3, 0.4) is 0 Å². The first-order chi connectivity index (χ1) is 7.87. The molecule has 0 spiro atoms. The van der Waals surface area contributed by atoms with E-state index in [1.165, 1.54) is 6.42 Å². The van der Waals surface area contributed by atoms with Gasteiger partial charge in [-0.05, 0) is 52.9 Å². The van der Waals surface area contributed by atoms with Crippen LogP contribution < -0.4 is 5.73 Å². The largest absolute Gasteiger partial charge is 0.444 e. The van der Waals surface area contributed by atoms with Crippen molar-refractivity contribution in [2.24, 2.45) is 5.73 Å².